The Bertz CT molecular complexity index is 1580. The molecule has 0 spiro atoms. The molecule has 0 saturated carbocycles. The topological polar surface area (TPSA) is 111 Å². The molecule has 2 N–H and O–H groups in total. The number of rotatable bonds is 8. The highest BCUT2D eigenvalue weighted by molar-refractivity contribution is 7.88. The molecule has 1 aliphatic heterocycles. The molecular weight excluding hydrogens is 507 g/mol. The lowest BCUT2D eigenvalue weighted by Gasteiger charge is -2.28. The summed E-state index contributed by atoms with van der Waals surface area (Å²) in [6.07, 6.45) is 4.99. The molecule has 3 aromatic heterocycles. The smallest absolute Gasteiger partial charge is 0.218 e. The molecule has 0 aliphatic carbocycles. The van der Waals surface area contributed by atoms with E-state index in [-0.39, 0.29) is 23.2 Å². The molecule has 1 aromatic carbocycles. The second-order valence-corrected chi connectivity index (χ2v) is 11.3. The van der Waals surface area contributed by atoms with Crippen molar-refractivity contribution in [2.24, 2.45) is 0 Å². The number of nitrogens with zero attached hydrogens (tertiary/aromatic N) is 4. The van der Waals surface area contributed by atoms with Crippen molar-refractivity contribution in [3.63, 3.8) is 0 Å². The van der Waals surface area contributed by atoms with Gasteiger partial charge in [-0.2, -0.15) is 0 Å². The minimum absolute atomic E-state index is 0.0505. The molecule has 9 nitrogen and oxygen atoms in total. The number of H-pyrrole nitrogens is 1. The number of nitrogens with one attached hydrogen (secondary N) is 2. The number of pyridine rings is 2. The van der Waals surface area contributed by atoms with E-state index in [0.717, 1.165) is 47.4 Å². The number of hydrogen-bond acceptors (Lipinski definition) is 7. The van der Waals surface area contributed by atoms with Gasteiger partial charge in [-0.25, -0.2) is 27.1 Å². The number of hydrogen-bond donors (Lipinski definition) is 2. The van der Waals surface area contributed by atoms with Crippen LogP contribution in [0.25, 0.3) is 22.2 Å². The molecule has 0 unspecified atom stereocenters. The van der Waals surface area contributed by atoms with E-state index in [1.54, 1.807) is 19.3 Å². The average molecular weight is 537 g/mol. The van der Waals surface area contributed by atoms with E-state index >= 15 is 4.39 Å². The van der Waals surface area contributed by atoms with E-state index in [1.807, 2.05) is 18.2 Å². The highest BCUT2D eigenvalue weighted by Gasteiger charge is 2.24. The van der Waals surface area contributed by atoms with Gasteiger partial charge in [0.1, 0.15) is 17.3 Å². The Morgan fingerprint density at radius 1 is 1.08 bits per heavy atom. The predicted molar refractivity (Wildman–Crippen MR) is 145 cm³/mol. The molecule has 4 aromatic rings. The summed E-state index contributed by atoms with van der Waals surface area (Å²) in [6.45, 7) is 5.60. The Labute approximate surface area is 220 Å². The molecule has 198 valence electrons. The van der Waals surface area contributed by atoms with E-state index in [9.17, 15) is 13.2 Å². The van der Waals surface area contributed by atoms with Gasteiger partial charge >= 0.3 is 0 Å². The quantitative estimate of drug-likeness (QED) is 0.333. The fourth-order valence-corrected chi connectivity index (χ4v) is 5.73. The summed E-state index contributed by atoms with van der Waals surface area (Å²) in [6, 6.07) is 10.0. The molecule has 0 radical (unpaired) electrons. The Hall–Kier alpha value is -3.67. The van der Waals surface area contributed by atoms with Gasteiger partial charge in [0.25, 0.3) is 0 Å². The van der Waals surface area contributed by atoms with Gasteiger partial charge in [0, 0.05) is 86.0 Å². The second kappa shape index (κ2) is 10.6. The van der Waals surface area contributed by atoms with E-state index < -0.39 is 27.4 Å². The molecule has 0 bridgehead atoms. The number of halogens is 1. The first-order valence-electron chi connectivity index (χ1n) is 12.4. The number of anilines is 1. The number of aromatic amines is 1. The average Bonchev–Trinajstić information content (AvgIpc) is 3.37. The molecule has 0 atom stereocenters. The Kier molecular flexibility index (Phi) is 7.24. The molecule has 5 rings (SSSR count). The molecule has 1 saturated heterocycles. The lowest BCUT2D eigenvalue weighted by molar-refractivity contribution is 0.103. The van der Waals surface area contributed by atoms with Crippen LogP contribution >= 0.6 is 0 Å². The van der Waals surface area contributed by atoms with Crippen LogP contribution in [0.5, 0.6) is 0 Å². The molecule has 4 heterocycles. The zero-order valence-electron chi connectivity index (χ0n) is 21.2. The Balaban J connectivity index is 1.45. The van der Waals surface area contributed by atoms with Gasteiger partial charge in [0.15, 0.2) is 5.78 Å². The lowest BCUT2D eigenvalue weighted by atomic mass is 9.99. The van der Waals surface area contributed by atoms with Gasteiger partial charge in [-0.1, -0.05) is 19.1 Å². The Morgan fingerprint density at radius 3 is 2.55 bits per heavy atom. The van der Waals surface area contributed by atoms with Gasteiger partial charge in [-0.15, -0.1) is 0 Å². The van der Waals surface area contributed by atoms with Gasteiger partial charge in [-0.05, 0) is 24.3 Å². The van der Waals surface area contributed by atoms with Crippen LogP contribution in [0.1, 0.15) is 28.4 Å². The highest BCUT2D eigenvalue weighted by Crippen LogP contribution is 2.28. The summed E-state index contributed by atoms with van der Waals surface area (Å²) >= 11 is 0. The number of carbonyl (C=O) groups excluding carboxylic acids is 1. The van der Waals surface area contributed by atoms with Crippen molar-refractivity contribution in [2.45, 2.75) is 12.7 Å². The van der Waals surface area contributed by atoms with Crippen molar-refractivity contribution in [1.29, 1.82) is 0 Å². The lowest BCUT2D eigenvalue weighted by Crippen LogP contribution is -2.43. The van der Waals surface area contributed by atoms with Crippen molar-refractivity contribution in [3.05, 3.63) is 77.5 Å². The third kappa shape index (κ3) is 5.04. The molecule has 0 amide bonds. The monoisotopic (exact) mass is 536 g/mol. The first kappa shape index (κ1) is 26.0. The first-order chi connectivity index (χ1) is 18.3. The van der Waals surface area contributed by atoms with Crippen LogP contribution in [0.3, 0.4) is 0 Å². The fourth-order valence-electron chi connectivity index (χ4n) is 4.50. The van der Waals surface area contributed by atoms with Gasteiger partial charge in [0.05, 0.1) is 11.3 Å². The van der Waals surface area contributed by atoms with Crippen molar-refractivity contribution < 1.29 is 17.6 Å². The van der Waals surface area contributed by atoms with Crippen LogP contribution in [-0.4, -0.2) is 73.2 Å². The van der Waals surface area contributed by atoms with Crippen molar-refractivity contribution >= 4 is 32.7 Å². The number of carbonyl (C=O) groups is 1. The number of piperazine rings is 1. The summed E-state index contributed by atoms with van der Waals surface area (Å²) in [4.78, 5) is 27.7. The second-order valence-electron chi connectivity index (χ2n) is 9.24. The van der Waals surface area contributed by atoms with Crippen molar-refractivity contribution in [1.82, 2.24) is 24.6 Å². The van der Waals surface area contributed by atoms with Crippen LogP contribution in [-0.2, 0) is 15.8 Å². The van der Waals surface area contributed by atoms with Crippen LogP contribution < -0.4 is 10.2 Å². The van der Waals surface area contributed by atoms with Gasteiger partial charge in [0.2, 0.25) is 10.0 Å². The number of fused-ring (bicyclic) bond motifs is 1. The maximum Gasteiger partial charge on any atom is 0.218 e. The standard InChI is InChI=1S/C27H29FN6O3S/c1-3-33(2)38(36,37)17-19-5-4-6-21(25(19)28)26(35)23-16-32-27-22(23)13-20(15-31-27)18-7-8-24(30-14-18)34-11-9-29-10-12-34/h4-8,13-16,29H,3,9-12,17H2,1-2H3,(H,31,32). The van der Waals surface area contributed by atoms with Crippen molar-refractivity contribution in [2.75, 3.05) is 44.7 Å². The zero-order chi connectivity index (χ0) is 26.9. The summed E-state index contributed by atoms with van der Waals surface area (Å²) in [5.74, 6) is -1.01. The predicted octanol–water partition coefficient (Wildman–Crippen LogP) is 3.19. The third-order valence-corrected chi connectivity index (χ3v) is 8.76. The van der Waals surface area contributed by atoms with Gasteiger partial charge in [-0.3, -0.25) is 4.79 Å². The molecular formula is C27H29FN6O3S. The van der Waals surface area contributed by atoms with E-state index in [4.69, 9.17) is 0 Å². The number of aromatic nitrogens is 3. The molecule has 1 fully saturated rings. The molecule has 11 heteroatoms. The zero-order valence-corrected chi connectivity index (χ0v) is 22.1. The van der Waals surface area contributed by atoms with E-state index in [1.165, 1.54) is 31.4 Å². The maximum absolute atomic E-state index is 15.4. The summed E-state index contributed by atoms with van der Waals surface area (Å²) < 4.78 is 41.6. The molecule has 38 heavy (non-hydrogen) atoms. The third-order valence-electron chi connectivity index (χ3n) is 6.88. The first-order valence-corrected chi connectivity index (χ1v) is 14.0. The summed E-state index contributed by atoms with van der Waals surface area (Å²) in [5.41, 5.74) is 2.12. The Morgan fingerprint density at radius 2 is 1.84 bits per heavy atom. The summed E-state index contributed by atoms with van der Waals surface area (Å²) in [5, 5.41) is 3.87. The number of benzene rings is 1. The normalized spacial score (nSPS) is 14.4. The van der Waals surface area contributed by atoms with Crippen LogP contribution in [0.2, 0.25) is 0 Å². The molecule has 1 aliphatic rings. The summed E-state index contributed by atoms with van der Waals surface area (Å²) in [7, 11) is -2.27. The fraction of sp³-hybridized carbons (Fsp3) is 0.296. The van der Waals surface area contributed by atoms with Crippen LogP contribution in [0.4, 0.5) is 10.2 Å². The van der Waals surface area contributed by atoms with Gasteiger partial charge < -0.3 is 15.2 Å². The van der Waals surface area contributed by atoms with Crippen molar-refractivity contribution in [3.8, 4) is 11.1 Å². The highest BCUT2D eigenvalue weighted by atomic mass is 32.2. The van der Waals surface area contributed by atoms with Crippen LogP contribution in [0, 0.1) is 5.82 Å². The van der Waals surface area contributed by atoms with E-state index in [0.29, 0.717) is 11.0 Å². The minimum Gasteiger partial charge on any atom is -0.354 e. The number of ketones is 1. The van der Waals surface area contributed by atoms with E-state index in [2.05, 4.69) is 25.2 Å². The van der Waals surface area contributed by atoms with Crippen LogP contribution in [0.15, 0.2) is 55.0 Å². The minimum atomic E-state index is -3.71. The largest absolute Gasteiger partial charge is 0.354 e. The number of sulfonamides is 1. The SMILES string of the molecule is CCN(C)S(=O)(=O)Cc1cccc(C(=O)c2c[nH]c3ncc(-c4ccc(N5CCNCC5)nc4)cc23)c1F. The maximum atomic E-state index is 15.4.